The molecule has 0 aromatic heterocycles. The van der Waals surface area contributed by atoms with E-state index in [-0.39, 0.29) is 0 Å². The average molecular weight is 298 g/mol. The molecule has 0 amide bonds. The van der Waals surface area contributed by atoms with Crippen LogP contribution in [-0.4, -0.2) is 6.71 Å². The maximum atomic E-state index is 2.35. The molecule has 0 nitrogen and oxygen atoms in total. The molecule has 0 radical (unpaired) electrons. The predicted molar refractivity (Wildman–Crippen MR) is 105 cm³/mol. The van der Waals surface area contributed by atoms with Crippen molar-refractivity contribution in [3.8, 4) is 0 Å². The number of hydrogen-bond acceptors (Lipinski definition) is 0. The molecule has 0 fully saturated rings. The van der Waals surface area contributed by atoms with Crippen LogP contribution in [0.5, 0.6) is 0 Å². The Morgan fingerprint density at radius 2 is 1.57 bits per heavy atom. The van der Waals surface area contributed by atoms with Gasteiger partial charge in [-0.3, -0.25) is 0 Å². The van der Waals surface area contributed by atoms with Gasteiger partial charge in [-0.15, -0.1) is 0 Å². The van der Waals surface area contributed by atoms with Crippen LogP contribution in [-0.2, 0) is 0 Å². The molecular formula is C22H23B. The molecule has 0 N–H and O–H groups in total. The van der Waals surface area contributed by atoms with Crippen LogP contribution in [0.4, 0.5) is 0 Å². The van der Waals surface area contributed by atoms with Gasteiger partial charge in [0.05, 0.1) is 0 Å². The minimum Gasteiger partial charge on any atom is -0.0798 e. The molecule has 0 atom stereocenters. The van der Waals surface area contributed by atoms with Crippen molar-refractivity contribution in [2.75, 3.05) is 0 Å². The summed E-state index contributed by atoms with van der Waals surface area (Å²) in [6.45, 7) is 7.02. The molecule has 0 bridgehead atoms. The first-order valence-corrected chi connectivity index (χ1v) is 8.49. The Hall–Kier alpha value is -2.28. The molecule has 0 saturated carbocycles. The molecule has 114 valence electrons. The van der Waals surface area contributed by atoms with Crippen LogP contribution in [0.15, 0.2) is 60.7 Å². The fourth-order valence-corrected chi connectivity index (χ4v) is 3.47. The highest BCUT2D eigenvalue weighted by Crippen LogP contribution is 2.11. The fourth-order valence-electron chi connectivity index (χ4n) is 3.47. The average Bonchev–Trinajstić information content (AvgIpc) is 2.61. The van der Waals surface area contributed by atoms with Crippen molar-refractivity contribution in [1.82, 2.24) is 0 Å². The minimum absolute atomic E-state index is 0.374. The fraction of sp³-hybridized carbons (Fsp3) is 0.182. The third kappa shape index (κ3) is 2.96. The molecule has 0 heterocycles. The zero-order valence-electron chi connectivity index (χ0n) is 14.2. The second-order valence-corrected chi connectivity index (χ2v) is 6.04. The van der Waals surface area contributed by atoms with E-state index in [9.17, 15) is 0 Å². The van der Waals surface area contributed by atoms with Crippen molar-refractivity contribution >= 4 is 40.6 Å². The third-order valence-electron chi connectivity index (χ3n) is 4.65. The molecule has 1 heteroatoms. The molecule has 0 spiro atoms. The summed E-state index contributed by atoms with van der Waals surface area (Å²) in [6.07, 6.45) is 5.62. The summed E-state index contributed by atoms with van der Waals surface area (Å²) in [5.74, 6) is 0. The zero-order chi connectivity index (χ0) is 16.2. The van der Waals surface area contributed by atoms with E-state index in [1.807, 2.05) is 0 Å². The first-order valence-electron chi connectivity index (χ1n) is 8.49. The van der Waals surface area contributed by atoms with Crippen LogP contribution < -0.4 is 21.4 Å². The second kappa shape index (κ2) is 6.87. The van der Waals surface area contributed by atoms with Crippen molar-refractivity contribution in [3.05, 3.63) is 71.1 Å². The van der Waals surface area contributed by atoms with Crippen LogP contribution in [0.3, 0.4) is 0 Å². The van der Waals surface area contributed by atoms with Gasteiger partial charge in [-0.25, -0.2) is 0 Å². The molecule has 0 aliphatic rings. The lowest BCUT2D eigenvalue weighted by Crippen LogP contribution is -2.52. The van der Waals surface area contributed by atoms with E-state index in [1.165, 1.54) is 32.1 Å². The number of benzene rings is 3. The second-order valence-electron chi connectivity index (χ2n) is 6.04. The lowest BCUT2D eigenvalue weighted by atomic mass is 9.41. The smallest absolute Gasteiger partial charge is 0.0798 e. The van der Waals surface area contributed by atoms with Gasteiger partial charge in [0, 0.05) is 0 Å². The molecule has 0 aliphatic carbocycles. The van der Waals surface area contributed by atoms with Gasteiger partial charge >= 0.3 is 0 Å². The van der Waals surface area contributed by atoms with Crippen LogP contribution >= 0.6 is 0 Å². The standard InChI is InChI=1S/C22H23B/c1-4-10-19-17(5-2)12-8-15-21(19)23(3)22-16-9-13-18-11-6-7-14-20(18)22/h5-16H,4H2,1-3H3/b17-5-,19-10+. The first kappa shape index (κ1) is 15.6. The molecule has 0 unspecified atom stereocenters. The van der Waals surface area contributed by atoms with Gasteiger partial charge < -0.3 is 0 Å². The Labute approximate surface area is 139 Å². The lowest BCUT2D eigenvalue weighted by molar-refractivity contribution is 1.28. The summed E-state index contributed by atoms with van der Waals surface area (Å²) in [6, 6.07) is 22.0. The maximum Gasteiger partial charge on any atom is 0.207 e. The van der Waals surface area contributed by atoms with E-state index in [4.69, 9.17) is 0 Å². The van der Waals surface area contributed by atoms with Gasteiger partial charge in [0.2, 0.25) is 6.71 Å². The van der Waals surface area contributed by atoms with E-state index in [2.05, 4.69) is 93.5 Å². The Balaban J connectivity index is 2.25. The molecule has 0 aliphatic heterocycles. The Bertz CT molecular complexity index is 932. The van der Waals surface area contributed by atoms with Crippen molar-refractivity contribution in [2.24, 2.45) is 0 Å². The molecule has 0 saturated heterocycles. The number of hydrogen-bond donors (Lipinski definition) is 0. The van der Waals surface area contributed by atoms with Gasteiger partial charge in [-0.1, -0.05) is 97.5 Å². The van der Waals surface area contributed by atoms with Gasteiger partial charge in [-0.05, 0) is 34.6 Å². The highest BCUT2D eigenvalue weighted by atomic mass is 14.0. The first-order chi connectivity index (χ1) is 11.3. The molecule has 23 heavy (non-hydrogen) atoms. The highest BCUT2D eigenvalue weighted by Gasteiger charge is 2.16. The van der Waals surface area contributed by atoms with E-state index in [0.717, 1.165) is 6.42 Å². The van der Waals surface area contributed by atoms with E-state index in [0.29, 0.717) is 6.71 Å². The molecular weight excluding hydrogens is 275 g/mol. The Morgan fingerprint density at radius 3 is 2.35 bits per heavy atom. The van der Waals surface area contributed by atoms with Crippen LogP contribution in [0.2, 0.25) is 6.82 Å². The predicted octanol–water partition coefficient (Wildman–Crippen LogP) is 3.07. The molecule has 3 rings (SSSR count). The summed E-state index contributed by atoms with van der Waals surface area (Å²) in [4.78, 5) is 0. The van der Waals surface area contributed by atoms with Crippen molar-refractivity contribution in [3.63, 3.8) is 0 Å². The van der Waals surface area contributed by atoms with Gasteiger partial charge in [0.1, 0.15) is 0 Å². The quantitative estimate of drug-likeness (QED) is 0.652. The Morgan fingerprint density at radius 1 is 0.870 bits per heavy atom. The van der Waals surface area contributed by atoms with Crippen LogP contribution in [0.1, 0.15) is 20.3 Å². The van der Waals surface area contributed by atoms with Crippen molar-refractivity contribution < 1.29 is 0 Å². The van der Waals surface area contributed by atoms with Gasteiger partial charge in [-0.2, -0.15) is 0 Å². The summed E-state index contributed by atoms with van der Waals surface area (Å²) in [5.41, 5.74) is 2.82. The normalized spacial score (nSPS) is 12.8. The largest absolute Gasteiger partial charge is 0.207 e. The Kier molecular flexibility index (Phi) is 4.66. The number of fused-ring (bicyclic) bond motifs is 1. The van der Waals surface area contributed by atoms with Crippen LogP contribution in [0.25, 0.3) is 22.9 Å². The SMILES string of the molecule is C/C=c1/cccc(B(C)c2cccc3ccccc23)/c1=C/CC. The third-order valence-corrected chi connectivity index (χ3v) is 4.65. The van der Waals surface area contributed by atoms with E-state index >= 15 is 0 Å². The lowest BCUT2D eigenvalue weighted by Gasteiger charge is -2.14. The molecule has 3 aromatic rings. The van der Waals surface area contributed by atoms with Crippen molar-refractivity contribution in [2.45, 2.75) is 27.1 Å². The summed E-state index contributed by atoms with van der Waals surface area (Å²) in [7, 11) is 0. The molecule has 3 aromatic carbocycles. The monoisotopic (exact) mass is 298 g/mol. The summed E-state index contributed by atoms with van der Waals surface area (Å²) in [5, 5.41) is 5.39. The van der Waals surface area contributed by atoms with Crippen LogP contribution in [0, 0.1) is 0 Å². The zero-order valence-corrected chi connectivity index (χ0v) is 14.2. The van der Waals surface area contributed by atoms with E-state index in [1.54, 1.807) is 0 Å². The summed E-state index contributed by atoms with van der Waals surface area (Å²) >= 11 is 0. The van der Waals surface area contributed by atoms with Crippen molar-refractivity contribution in [1.29, 1.82) is 0 Å². The van der Waals surface area contributed by atoms with Gasteiger partial charge in [0.25, 0.3) is 0 Å². The van der Waals surface area contributed by atoms with E-state index < -0.39 is 0 Å². The summed E-state index contributed by atoms with van der Waals surface area (Å²) < 4.78 is 0. The maximum absolute atomic E-state index is 2.35. The minimum atomic E-state index is 0.374. The highest BCUT2D eigenvalue weighted by molar-refractivity contribution is 6.85. The topological polar surface area (TPSA) is 0 Å². The van der Waals surface area contributed by atoms with Gasteiger partial charge in [0.15, 0.2) is 0 Å². The number of rotatable bonds is 3.